The Morgan fingerprint density at radius 1 is 1.13 bits per heavy atom. The summed E-state index contributed by atoms with van der Waals surface area (Å²) in [4.78, 5) is 25.6. The fraction of sp³-hybridized carbons (Fsp3) is 0.364. The van der Waals surface area contributed by atoms with Gasteiger partial charge in [0.25, 0.3) is 5.59 Å². The van der Waals surface area contributed by atoms with E-state index in [0.29, 0.717) is 29.7 Å². The Kier molecular flexibility index (Phi) is 6.83. The molecule has 1 heterocycles. The number of halogens is 3. The van der Waals surface area contributed by atoms with Crippen molar-refractivity contribution in [3.63, 3.8) is 0 Å². The third-order valence-corrected chi connectivity index (χ3v) is 7.87. The first kappa shape index (κ1) is 23.4. The van der Waals surface area contributed by atoms with Crippen molar-refractivity contribution >= 4 is 37.6 Å². The quantitative estimate of drug-likeness (QED) is 0.582. The van der Waals surface area contributed by atoms with Crippen LogP contribution in [0.25, 0.3) is 0 Å². The number of hydrogen-bond donors (Lipinski definition) is 2. The van der Waals surface area contributed by atoms with E-state index < -0.39 is 37.5 Å². The van der Waals surface area contributed by atoms with Crippen LogP contribution in [-0.2, 0) is 16.1 Å². The number of carbonyl (C=O) groups excluding carboxylic acids is 2. The van der Waals surface area contributed by atoms with Gasteiger partial charge >= 0.3 is 0 Å². The van der Waals surface area contributed by atoms with Crippen molar-refractivity contribution in [1.29, 1.82) is 0 Å². The summed E-state index contributed by atoms with van der Waals surface area (Å²) in [7, 11) is -1.59. The molecule has 9 heteroatoms. The molecule has 165 valence electrons. The van der Waals surface area contributed by atoms with Crippen LogP contribution < -0.4 is 10.6 Å². The Hall–Kier alpha value is -2.29. The molecule has 5 nitrogen and oxygen atoms in total. The largest absolute Gasteiger partial charge is 0.465 e. The molecular weight excluding hydrogens is 442 g/mol. The molecule has 0 unspecified atom stereocenters. The fourth-order valence-electron chi connectivity index (χ4n) is 3.24. The summed E-state index contributed by atoms with van der Waals surface area (Å²) in [6.45, 7) is 5.74. The number of amides is 1. The molecule has 2 aromatic rings. The molecule has 1 aliphatic heterocycles. The van der Waals surface area contributed by atoms with Gasteiger partial charge in [-0.1, -0.05) is 23.7 Å². The molecular formula is C22H24ClF2N2O3Si. The van der Waals surface area contributed by atoms with E-state index in [0.717, 1.165) is 11.6 Å². The number of hydrogen-bond acceptors (Lipinski definition) is 4. The molecule has 31 heavy (non-hydrogen) atoms. The molecule has 3 rings (SSSR count). The molecule has 0 bridgehead atoms. The zero-order valence-electron chi connectivity index (χ0n) is 17.5. The van der Waals surface area contributed by atoms with Gasteiger partial charge < -0.3 is 10.1 Å². The van der Waals surface area contributed by atoms with Crippen molar-refractivity contribution in [1.82, 2.24) is 5.32 Å². The average molecular weight is 466 g/mol. The number of ether oxygens (including phenoxy) is 1. The maximum atomic E-state index is 14.0. The molecule has 1 radical (unpaired) electrons. The highest BCUT2D eigenvalue weighted by molar-refractivity contribution is 6.92. The van der Waals surface area contributed by atoms with Crippen molar-refractivity contribution < 1.29 is 23.1 Å². The van der Waals surface area contributed by atoms with E-state index in [-0.39, 0.29) is 11.3 Å². The van der Waals surface area contributed by atoms with Crippen molar-refractivity contribution in [2.75, 3.05) is 5.32 Å². The van der Waals surface area contributed by atoms with Crippen LogP contribution in [0.5, 0.6) is 0 Å². The Morgan fingerprint density at radius 2 is 1.77 bits per heavy atom. The van der Waals surface area contributed by atoms with Crippen LogP contribution >= 0.6 is 11.6 Å². The molecule has 1 saturated heterocycles. The second-order valence-electron chi connectivity index (χ2n) is 8.60. The van der Waals surface area contributed by atoms with Crippen LogP contribution in [0.4, 0.5) is 19.3 Å². The van der Waals surface area contributed by atoms with Crippen molar-refractivity contribution in [3.8, 4) is 0 Å². The van der Waals surface area contributed by atoms with Gasteiger partial charge in [-0.05, 0) is 62.7 Å². The summed E-state index contributed by atoms with van der Waals surface area (Å²) in [6, 6.07) is 10.7. The highest BCUT2D eigenvalue weighted by atomic mass is 35.5. The zero-order valence-corrected chi connectivity index (χ0v) is 19.3. The van der Waals surface area contributed by atoms with Gasteiger partial charge in [0.1, 0.15) is 17.2 Å². The maximum absolute atomic E-state index is 14.0. The number of rotatable bonds is 6. The fourth-order valence-corrected chi connectivity index (χ4v) is 6.03. The predicted octanol–water partition coefficient (Wildman–Crippen LogP) is 5.11. The molecule has 1 amide bonds. The molecule has 2 N–H and O–H groups in total. The average Bonchev–Trinajstić information content (AvgIpc) is 2.63. The lowest BCUT2D eigenvalue weighted by Gasteiger charge is -2.45. The van der Waals surface area contributed by atoms with E-state index in [9.17, 15) is 18.4 Å². The van der Waals surface area contributed by atoms with Gasteiger partial charge in [-0.15, -0.1) is 0 Å². The van der Waals surface area contributed by atoms with Crippen molar-refractivity contribution in [2.24, 2.45) is 0 Å². The van der Waals surface area contributed by atoms with Gasteiger partial charge in [0, 0.05) is 17.6 Å². The molecule has 0 aromatic heterocycles. The Bertz CT molecular complexity index is 974. The first-order valence-corrected chi connectivity index (χ1v) is 12.1. The van der Waals surface area contributed by atoms with Crippen molar-refractivity contribution in [3.05, 3.63) is 64.7 Å². The summed E-state index contributed by atoms with van der Waals surface area (Å²) in [6.07, 6.45) is 0. The van der Waals surface area contributed by atoms with Gasteiger partial charge in [0.15, 0.2) is 8.80 Å². The van der Waals surface area contributed by atoms with E-state index in [1.165, 1.54) is 6.07 Å². The van der Waals surface area contributed by atoms with Gasteiger partial charge in [-0.25, -0.2) is 8.78 Å². The second kappa shape index (κ2) is 9.06. The standard InChI is InChI=1S/C22H24ClF2N2O3Si/c1-21(2,3)30-20(29)31-12-22(13-31,26-11-14-4-6-15(23)7-5-14)19(28)27-18-9-8-16(24)10-17(18)25/h4-10,26H,11-13H2,1-3H3,(H,27,28). The van der Waals surface area contributed by atoms with E-state index in [1.807, 2.05) is 12.1 Å². The van der Waals surface area contributed by atoms with Gasteiger partial charge in [-0.3, -0.25) is 14.9 Å². The van der Waals surface area contributed by atoms with Crippen LogP contribution in [0.3, 0.4) is 0 Å². The first-order valence-electron chi connectivity index (χ1n) is 9.81. The van der Waals surface area contributed by atoms with Crippen LogP contribution in [-0.4, -0.2) is 31.4 Å². The van der Waals surface area contributed by atoms with Gasteiger partial charge in [0.05, 0.1) is 11.2 Å². The SMILES string of the molecule is CC(C)(C)OC(=O)[Si]1CC(NCc2ccc(Cl)cc2)(C(=O)Nc2ccc(F)cc2F)C1. The highest BCUT2D eigenvalue weighted by Gasteiger charge is 2.55. The lowest BCUT2D eigenvalue weighted by molar-refractivity contribution is -0.121. The van der Waals surface area contributed by atoms with Gasteiger partial charge in [-0.2, -0.15) is 0 Å². The lowest BCUT2D eigenvalue weighted by atomic mass is 10.0. The zero-order chi connectivity index (χ0) is 22.8. The molecule has 1 aliphatic rings. The van der Waals surface area contributed by atoms with E-state index >= 15 is 0 Å². The third-order valence-electron chi connectivity index (χ3n) is 4.88. The van der Waals surface area contributed by atoms with Crippen LogP contribution in [0.15, 0.2) is 42.5 Å². The minimum atomic E-state index is -1.59. The molecule has 1 fully saturated rings. The van der Waals surface area contributed by atoms with Crippen molar-refractivity contribution in [2.45, 2.75) is 50.5 Å². The van der Waals surface area contributed by atoms with Gasteiger partial charge in [0.2, 0.25) is 5.91 Å². The predicted molar refractivity (Wildman–Crippen MR) is 118 cm³/mol. The monoisotopic (exact) mass is 465 g/mol. The second-order valence-corrected chi connectivity index (χ2v) is 11.4. The summed E-state index contributed by atoms with van der Waals surface area (Å²) in [5.74, 6) is -2.06. The Labute approximate surface area is 186 Å². The highest BCUT2D eigenvalue weighted by Crippen LogP contribution is 2.37. The van der Waals surface area contributed by atoms with E-state index in [2.05, 4.69) is 10.6 Å². The van der Waals surface area contributed by atoms with E-state index in [4.69, 9.17) is 16.3 Å². The Balaban J connectivity index is 1.75. The summed E-state index contributed by atoms with van der Waals surface area (Å²) in [5.41, 5.74) is -1.14. The van der Waals surface area contributed by atoms with E-state index in [1.54, 1.807) is 32.9 Å². The summed E-state index contributed by atoms with van der Waals surface area (Å²) >= 11 is 5.92. The summed E-state index contributed by atoms with van der Waals surface area (Å²) < 4.78 is 32.7. The number of anilines is 1. The normalized spacial score (nSPS) is 15.8. The minimum absolute atomic E-state index is 0.114. The van der Waals surface area contributed by atoms with Crippen LogP contribution in [0.2, 0.25) is 17.1 Å². The Morgan fingerprint density at radius 3 is 2.35 bits per heavy atom. The maximum Gasteiger partial charge on any atom is 0.270 e. The number of nitrogens with one attached hydrogen (secondary N) is 2. The lowest BCUT2D eigenvalue weighted by Crippen LogP contribution is -2.66. The molecule has 2 aromatic carbocycles. The van der Waals surface area contributed by atoms with Crippen LogP contribution in [0.1, 0.15) is 26.3 Å². The van der Waals surface area contributed by atoms with Crippen LogP contribution in [0, 0.1) is 11.6 Å². The third kappa shape index (κ3) is 5.90. The molecule has 0 aliphatic carbocycles. The number of carbonyl (C=O) groups is 2. The topological polar surface area (TPSA) is 67.4 Å². The molecule has 0 atom stereocenters. The first-order chi connectivity index (χ1) is 14.5. The molecule has 0 spiro atoms. The smallest absolute Gasteiger partial charge is 0.270 e. The number of benzene rings is 2. The summed E-state index contributed by atoms with van der Waals surface area (Å²) in [5, 5.41) is 6.37. The minimum Gasteiger partial charge on any atom is -0.465 e. The molecule has 0 saturated carbocycles.